The topological polar surface area (TPSA) is 39.7 Å². The molecule has 1 N–H and O–H groups in total. The van der Waals surface area contributed by atoms with Gasteiger partial charge in [0, 0.05) is 18.9 Å². The van der Waals surface area contributed by atoms with Crippen LogP contribution in [-0.4, -0.2) is 32.4 Å². The van der Waals surface area contributed by atoms with E-state index in [-0.39, 0.29) is 31.0 Å². The van der Waals surface area contributed by atoms with Crippen molar-refractivity contribution < 1.29 is 27.4 Å². The zero-order valence-corrected chi connectivity index (χ0v) is 21.4. The van der Waals surface area contributed by atoms with Crippen molar-refractivity contribution in [1.82, 2.24) is 5.32 Å². The lowest BCUT2D eigenvalue weighted by Crippen LogP contribution is -2.40. The van der Waals surface area contributed by atoms with Crippen LogP contribution in [0.2, 0.25) is 0 Å². The summed E-state index contributed by atoms with van der Waals surface area (Å²) in [6.07, 6.45) is -2.65. The fraction of sp³-hybridized carbons (Fsp3) is 0.379. The third-order valence-corrected chi connectivity index (χ3v) is 6.29. The summed E-state index contributed by atoms with van der Waals surface area (Å²) in [5.41, 5.74) is 2.41. The van der Waals surface area contributed by atoms with Crippen molar-refractivity contribution in [1.29, 1.82) is 0 Å². The Morgan fingerprint density at radius 2 is 1.51 bits per heavy atom. The van der Waals surface area contributed by atoms with Crippen molar-refractivity contribution in [3.63, 3.8) is 0 Å². The summed E-state index contributed by atoms with van der Waals surface area (Å²) in [4.78, 5) is 0. The van der Waals surface area contributed by atoms with Crippen molar-refractivity contribution >= 4 is 12.4 Å². The first-order valence-electron chi connectivity index (χ1n) is 12.3. The quantitative estimate of drug-likeness (QED) is 0.275. The molecule has 0 spiro atoms. The maximum atomic E-state index is 12.8. The summed E-state index contributed by atoms with van der Waals surface area (Å²) in [5, 5.41) is 3.36. The van der Waals surface area contributed by atoms with Crippen LogP contribution in [0.5, 0.6) is 5.75 Å². The highest BCUT2D eigenvalue weighted by atomic mass is 35.5. The second-order valence-corrected chi connectivity index (χ2v) is 8.95. The maximum absolute atomic E-state index is 12.8. The predicted molar refractivity (Wildman–Crippen MR) is 140 cm³/mol. The highest BCUT2D eigenvalue weighted by Crippen LogP contribution is 2.31. The minimum absolute atomic E-state index is 0. The van der Waals surface area contributed by atoms with Crippen molar-refractivity contribution in [3.8, 4) is 5.75 Å². The van der Waals surface area contributed by atoms with Crippen LogP contribution in [-0.2, 0) is 28.9 Å². The molecule has 37 heavy (non-hydrogen) atoms. The van der Waals surface area contributed by atoms with E-state index in [2.05, 4.69) is 17.4 Å². The number of rotatable bonds is 11. The van der Waals surface area contributed by atoms with Gasteiger partial charge in [-0.25, -0.2) is 0 Å². The van der Waals surface area contributed by atoms with Crippen LogP contribution < -0.4 is 10.1 Å². The maximum Gasteiger partial charge on any atom is 0.416 e. The van der Waals surface area contributed by atoms with E-state index < -0.39 is 11.7 Å². The number of hydrogen-bond acceptors (Lipinski definition) is 4. The normalized spacial score (nSPS) is 17.7. The zero-order valence-electron chi connectivity index (χ0n) is 20.6. The van der Waals surface area contributed by atoms with Crippen LogP contribution in [0.4, 0.5) is 13.2 Å². The molecule has 200 valence electrons. The second kappa shape index (κ2) is 14.4. The number of nitrogens with one attached hydrogen (secondary N) is 1. The third-order valence-electron chi connectivity index (χ3n) is 6.29. The molecule has 1 saturated heterocycles. The van der Waals surface area contributed by atoms with E-state index in [0.29, 0.717) is 26.4 Å². The molecule has 1 fully saturated rings. The summed E-state index contributed by atoms with van der Waals surface area (Å²) < 4.78 is 56.1. The van der Waals surface area contributed by atoms with Crippen LogP contribution in [0.25, 0.3) is 0 Å². The number of piperidine rings is 1. The summed E-state index contributed by atoms with van der Waals surface area (Å²) in [7, 11) is 0. The standard InChI is InChI=1S/C29H32F3NO3.ClH/c30-29(31,32)25-11-7-23(8-12-25)21-36-28-19-33-16-15-27(28)24-9-13-26(14-10-24)35-18-4-17-34-20-22-5-2-1-3-6-22;/h1-3,5-14,27-28,33H,4,15-21H2;1H. The SMILES string of the molecule is Cl.FC(F)(F)c1ccc(COC2CNCCC2c2ccc(OCCCOCc3ccccc3)cc2)cc1. The number of halogens is 4. The van der Waals surface area contributed by atoms with E-state index in [4.69, 9.17) is 14.2 Å². The molecule has 4 nitrogen and oxygen atoms in total. The van der Waals surface area contributed by atoms with Gasteiger partial charge in [0.15, 0.2) is 0 Å². The molecule has 8 heteroatoms. The molecule has 1 aliphatic rings. The van der Waals surface area contributed by atoms with E-state index in [1.165, 1.54) is 17.7 Å². The van der Waals surface area contributed by atoms with Crippen molar-refractivity contribution in [2.24, 2.45) is 0 Å². The number of hydrogen-bond donors (Lipinski definition) is 1. The lowest BCUT2D eigenvalue weighted by Gasteiger charge is -2.32. The first-order chi connectivity index (χ1) is 17.5. The third kappa shape index (κ3) is 9.04. The van der Waals surface area contributed by atoms with Crippen LogP contribution in [0.3, 0.4) is 0 Å². The van der Waals surface area contributed by atoms with Crippen molar-refractivity contribution in [2.45, 2.75) is 44.3 Å². The number of ether oxygens (including phenoxy) is 3. The smallest absolute Gasteiger partial charge is 0.416 e. The van der Waals surface area contributed by atoms with Gasteiger partial charge >= 0.3 is 6.18 Å². The van der Waals surface area contributed by atoms with Crippen LogP contribution >= 0.6 is 12.4 Å². The molecule has 0 saturated carbocycles. The molecular formula is C29H33ClF3NO3. The van der Waals surface area contributed by atoms with Gasteiger partial charge in [-0.3, -0.25) is 0 Å². The molecule has 0 aliphatic carbocycles. The Hall–Kier alpha value is -2.58. The van der Waals surface area contributed by atoms with Crippen LogP contribution in [0.15, 0.2) is 78.9 Å². The molecule has 0 aromatic heterocycles. The Morgan fingerprint density at radius 1 is 0.811 bits per heavy atom. The average Bonchev–Trinajstić information content (AvgIpc) is 2.90. The van der Waals surface area contributed by atoms with Gasteiger partial charge in [0.1, 0.15) is 5.75 Å². The Morgan fingerprint density at radius 3 is 2.22 bits per heavy atom. The Balaban J connectivity index is 0.00000380. The molecule has 0 amide bonds. The van der Waals surface area contributed by atoms with Gasteiger partial charge in [-0.2, -0.15) is 13.2 Å². The minimum Gasteiger partial charge on any atom is -0.494 e. The molecule has 0 radical (unpaired) electrons. The highest BCUT2D eigenvalue weighted by molar-refractivity contribution is 5.85. The van der Waals surface area contributed by atoms with E-state index in [9.17, 15) is 13.2 Å². The highest BCUT2D eigenvalue weighted by Gasteiger charge is 2.30. The van der Waals surface area contributed by atoms with Gasteiger partial charge < -0.3 is 19.5 Å². The Bertz CT molecular complexity index is 1050. The first-order valence-corrected chi connectivity index (χ1v) is 12.3. The van der Waals surface area contributed by atoms with Gasteiger partial charge in [-0.05, 0) is 53.9 Å². The average molecular weight is 536 g/mol. The number of benzene rings is 3. The van der Waals surface area contributed by atoms with E-state index in [0.717, 1.165) is 48.4 Å². The zero-order chi connectivity index (χ0) is 25.2. The van der Waals surface area contributed by atoms with Gasteiger partial charge in [0.2, 0.25) is 0 Å². The summed E-state index contributed by atoms with van der Waals surface area (Å²) in [6.45, 7) is 3.70. The minimum atomic E-state index is -4.33. The summed E-state index contributed by atoms with van der Waals surface area (Å²) in [6, 6.07) is 23.4. The van der Waals surface area contributed by atoms with Crippen molar-refractivity contribution in [3.05, 3.63) is 101 Å². The lowest BCUT2D eigenvalue weighted by atomic mass is 9.87. The Kier molecular flexibility index (Phi) is 11.3. The molecule has 1 heterocycles. The molecule has 4 rings (SSSR count). The van der Waals surface area contributed by atoms with Gasteiger partial charge in [0.05, 0.1) is 38.1 Å². The molecular weight excluding hydrogens is 503 g/mol. The fourth-order valence-corrected chi connectivity index (χ4v) is 4.31. The monoisotopic (exact) mass is 535 g/mol. The molecule has 0 bridgehead atoms. The summed E-state index contributed by atoms with van der Waals surface area (Å²) in [5.74, 6) is 1.03. The van der Waals surface area contributed by atoms with Gasteiger partial charge in [0.25, 0.3) is 0 Å². The molecule has 1 aliphatic heterocycles. The molecule has 3 aromatic carbocycles. The van der Waals surface area contributed by atoms with Crippen LogP contribution in [0, 0.1) is 0 Å². The van der Waals surface area contributed by atoms with Gasteiger partial charge in [-0.1, -0.05) is 54.6 Å². The second-order valence-electron chi connectivity index (χ2n) is 8.95. The molecule has 2 unspecified atom stereocenters. The fourth-order valence-electron chi connectivity index (χ4n) is 4.31. The number of alkyl halides is 3. The van der Waals surface area contributed by atoms with E-state index in [1.807, 2.05) is 42.5 Å². The first kappa shape index (κ1) is 29.0. The summed E-state index contributed by atoms with van der Waals surface area (Å²) >= 11 is 0. The predicted octanol–water partition coefficient (Wildman–Crippen LogP) is 6.78. The van der Waals surface area contributed by atoms with Crippen molar-refractivity contribution in [2.75, 3.05) is 26.3 Å². The van der Waals surface area contributed by atoms with Gasteiger partial charge in [-0.15, -0.1) is 12.4 Å². The molecule has 3 aromatic rings. The largest absolute Gasteiger partial charge is 0.494 e. The lowest BCUT2D eigenvalue weighted by molar-refractivity contribution is -0.137. The Labute approximate surface area is 222 Å². The van der Waals surface area contributed by atoms with E-state index >= 15 is 0 Å². The van der Waals surface area contributed by atoms with E-state index in [1.54, 1.807) is 0 Å². The molecule has 2 atom stereocenters. The van der Waals surface area contributed by atoms with Crippen LogP contribution in [0.1, 0.15) is 41.0 Å².